The van der Waals surface area contributed by atoms with Crippen molar-refractivity contribution in [1.29, 1.82) is 0 Å². The van der Waals surface area contributed by atoms with Gasteiger partial charge >= 0.3 is 0 Å². The first-order chi connectivity index (χ1) is 33.9. The lowest BCUT2D eigenvalue weighted by atomic mass is 9.67. The van der Waals surface area contributed by atoms with E-state index in [0.717, 1.165) is 17.1 Å². The van der Waals surface area contributed by atoms with Gasteiger partial charge in [0.05, 0.1) is 5.41 Å². The van der Waals surface area contributed by atoms with Gasteiger partial charge in [-0.15, -0.1) is 0 Å². The highest BCUT2D eigenvalue weighted by Gasteiger charge is 2.46. The van der Waals surface area contributed by atoms with Crippen LogP contribution in [-0.2, 0) is 10.8 Å². The van der Waals surface area contributed by atoms with Crippen molar-refractivity contribution < 1.29 is 0 Å². The molecule has 0 atom stereocenters. The second-order valence-electron chi connectivity index (χ2n) is 19.3. The molecule has 1 nitrogen and oxygen atoms in total. The molecule has 0 aromatic heterocycles. The van der Waals surface area contributed by atoms with E-state index in [9.17, 15) is 0 Å². The van der Waals surface area contributed by atoms with Crippen LogP contribution >= 0.6 is 0 Å². The molecule has 0 fully saturated rings. The highest BCUT2D eigenvalue weighted by molar-refractivity contribution is 5.93. The van der Waals surface area contributed by atoms with Crippen LogP contribution in [0.15, 0.2) is 261 Å². The van der Waals surface area contributed by atoms with Crippen LogP contribution in [0.25, 0.3) is 66.4 Å². The Morgan fingerprint density at radius 1 is 0.261 bits per heavy atom. The summed E-state index contributed by atoms with van der Waals surface area (Å²) < 4.78 is 0. The predicted molar refractivity (Wildman–Crippen MR) is 290 cm³/mol. The molecule has 2 aliphatic rings. The van der Waals surface area contributed by atoms with E-state index in [4.69, 9.17) is 0 Å². The van der Waals surface area contributed by atoms with Crippen molar-refractivity contribution in [3.63, 3.8) is 0 Å². The molecule has 11 aromatic rings. The van der Waals surface area contributed by atoms with Crippen molar-refractivity contribution in [2.24, 2.45) is 0 Å². The second-order valence-corrected chi connectivity index (χ2v) is 19.3. The summed E-state index contributed by atoms with van der Waals surface area (Å²) >= 11 is 0. The molecule has 69 heavy (non-hydrogen) atoms. The summed E-state index contributed by atoms with van der Waals surface area (Å²) in [6.45, 7) is 4.80. The van der Waals surface area contributed by atoms with E-state index in [1.807, 2.05) is 0 Å². The van der Waals surface area contributed by atoms with E-state index in [2.05, 4.69) is 280 Å². The van der Waals surface area contributed by atoms with Crippen LogP contribution in [0.4, 0.5) is 17.1 Å². The minimum atomic E-state index is -0.528. The number of hydrogen-bond acceptors (Lipinski definition) is 1. The summed E-state index contributed by atoms with van der Waals surface area (Å²) in [5.74, 6) is 0. The molecule has 326 valence electrons. The Morgan fingerprint density at radius 2 is 0.710 bits per heavy atom. The van der Waals surface area contributed by atoms with Crippen molar-refractivity contribution in [3.05, 3.63) is 294 Å². The molecule has 0 unspecified atom stereocenters. The predicted octanol–water partition coefficient (Wildman–Crippen LogP) is 18.0. The minimum Gasteiger partial charge on any atom is -0.310 e. The van der Waals surface area contributed by atoms with Gasteiger partial charge in [-0.05, 0) is 154 Å². The smallest absolute Gasteiger partial charge is 0.0714 e. The summed E-state index contributed by atoms with van der Waals surface area (Å²) in [6.07, 6.45) is 0. The maximum Gasteiger partial charge on any atom is 0.0714 e. The molecule has 0 radical (unpaired) electrons. The fourth-order valence-corrected chi connectivity index (χ4v) is 11.8. The van der Waals surface area contributed by atoms with Crippen LogP contribution in [0.5, 0.6) is 0 Å². The third-order valence-electron chi connectivity index (χ3n) is 15.1. The first kappa shape index (κ1) is 40.7. The Bertz CT molecular complexity index is 3710. The van der Waals surface area contributed by atoms with Gasteiger partial charge in [0.2, 0.25) is 0 Å². The van der Waals surface area contributed by atoms with E-state index in [0.29, 0.717) is 0 Å². The van der Waals surface area contributed by atoms with Gasteiger partial charge in [0.1, 0.15) is 0 Å². The van der Waals surface area contributed by atoms with E-state index in [1.165, 1.54) is 99.8 Å². The number of benzene rings is 11. The third kappa shape index (κ3) is 6.53. The zero-order valence-electron chi connectivity index (χ0n) is 38.8. The number of nitrogens with zero attached hydrogens (tertiary/aromatic N) is 1. The maximum absolute atomic E-state index is 2.49. The molecule has 0 saturated heterocycles. The molecule has 0 spiro atoms. The van der Waals surface area contributed by atoms with Gasteiger partial charge in [-0.25, -0.2) is 0 Å². The molecule has 0 aliphatic heterocycles. The Kier molecular flexibility index (Phi) is 9.49. The van der Waals surface area contributed by atoms with E-state index in [-0.39, 0.29) is 5.41 Å². The largest absolute Gasteiger partial charge is 0.310 e. The number of anilines is 3. The summed E-state index contributed by atoms with van der Waals surface area (Å²) in [4.78, 5) is 2.49. The maximum atomic E-state index is 2.49. The molecular weight excluding hydrogens is 831 g/mol. The molecule has 2 aliphatic carbocycles. The Labute approximate surface area is 405 Å². The molecule has 11 aromatic carbocycles. The van der Waals surface area contributed by atoms with Crippen molar-refractivity contribution >= 4 is 27.8 Å². The SMILES string of the molecule is CC1(C)c2cc(-c3ccc4ccccc4c3)ccc2-c2ccc(N(c3cccc(-c4cccc(-c5ccccc5)c4)c3)c3ccc4c(c3)C(c3ccccc3)(c3ccccc3)c3ccccc3-4)cc21. The van der Waals surface area contributed by atoms with Gasteiger partial charge in [0.25, 0.3) is 0 Å². The zero-order valence-corrected chi connectivity index (χ0v) is 38.8. The number of rotatable bonds is 8. The van der Waals surface area contributed by atoms with Gasteiger partial charge in [0, 0.05) is 22.5 Å². The third-order valence-corrected chi connectivity index (χ3v) is 15.1. The fourth-order valence-electron chi connectivity index (χ4n) is 11.8. The topological polar surface area (TPSA) is 3.24 Å². The van der Waals surface area contributed by atoms with Crippen LogP contribution in [0.3, 0.4) is 0 Å². The van der Waals surface area contributed by atoms with E-state index in [1.54, 1.807) is 0 Å². The van der Waals surface area contributed by atoms with Crippen LogP contribution in [0, 0.1) is 0 Å². The standard InChI is InChI=1S/C68H49N/c1-67(2)64-43-53(52-33-32-47-20-12-13-21-48(47)41-52)34-37-60(64)61-38-35-57(44-65(61)67)69(56-29-17-24-51(42-56)50-23-16-22-49(40-50)46-18-6-3-7-19-46)58-36-39-62-59-30-14-15-31-63(59)68(66(62)45-58,54-25-8-4-9-26-54)55-27-10-5-11-28-55/h3-45H,1-2H3. The fraction of sp³-hybridized carbons (Fsp3) is 0.0588. The molecule has 0 amide bonds. The van der Waals surface area contributed by atoms with Gasteiger partial charge in [-0.1, -0.05) is 220 Å². The lowest BCUT2D eigenvalue weighted by molar-refractivity contribution is 0.660. The first-order valence-electron chi connectivity index (χ1n) is 24.2. The van der Waals surface area contributed by atoms with Crippen molar-refractivity contribution in [2.45, 2.75) is 24.7 Å². The average Bonchev–Trinajstić information content (AvgIpc) is 3.84. The van der Waals surface area contributed by atoms with E-state index < -0.39 is 5.41 Å². The molecule has 0 N–H and O–H groups in total. The lowest BCUT2D eigenvalue weighted by Crippen LogP contribution is -2.28. The minimum absolute atomic E-state index is 0.242. The average molecular weight is 880 g/mol. The van der Waals surface area contributed by atoms with Crippen molar-refractivity contribution in [3.8, 4) is 55.6 Å². The molecule has 0 heterocycles. The number of hydrogen-bond donors (Lipinski definition) is 0. The normalized spacial score (nSPS) is 13.6. The lowest BCUT2D eigenvalue weighted by Gasteiger charge is -2.35. The van der Waals surface area contributed by atoms with Crippen LogP contribution in [-0.4, -0.2) is 0 Å². The molecule has 0 saturated carbocycles. The molecule has 1 heteroatoms. The summed E-state index contributed by atoms with van der Waals surface area (Å²) in [7, 11) is 0. The highest BCUT2D eigenvalue weighted by atomic mass is 15.1. The van der Waals surface area contributed by atoms with Gasteiger partial charge < -0.3 is 4.90 Å². The quantitative estimate of drug-likeness (QED) is 0.147. The Balaban J connectivity index is 0.995. The van der Waals surface area contributed by atoms with E-state index >= 15 is 0 Å². The monoisotopic (exact) mass is 879 g/mol. The van der Waals surface area contributed by atoms with Crippen molar-refractivity contribution in [2.75, 3.05) is 4.90 Å². The van der Waals surface area contributed by atoms with Crippen LogP contribution < -0.4 is 4.90 Å². The first-order valence-corrected chi connectivity index (χ1v) is 24.2. The van der Waals surface area contributed by atoms with Crippen LogP contribution in [0.2, 0.25) is 0 Å². The molecule has 0 bridgehead atoms. The number of fused-ring (bicyclic) bond motifs is 7. The molecular formula is C68H49N. The summed E-state index contributed by atoms with van der Waals surface area (Å²) in [6, 6.07) is 96.9. The summed E-state index contributed by atoms with van der Waals surface area (Å²) in [5, 5.41) is 2.52. The van der Waals surface area contributed by atoms with Crippen LogP contribution in [0.1, 0.15) is 47.2 Å². The second kappa shape index (κ2) is 16.1. The Morgan fingerprint density at radius 3 is 1.42 bits per heavy atom. The highest BCUT2D eigenvalue weighted by Crippen LogP contribution is 2.58. The zero-order chi connectivity index (χ0) is 46.1. The Hall–Kier alpha value is -8.52. The summed E-state index contributed by atoms with van der Waals surface area (Å²) in [5.41, 5.74) is 22.8. The van der Waals surface area contributed by atoms with Gasteiger partial charge in [-0.3, -0.25) is 0 Å². The van der Waals surface area contributed by atoms with Crippen molar-refractivity contribution in [1.82, 2.24) is 0 Å². The molecule has 13 rings (SSSR count). The van der Waals surface area contributed by atoms with Gasteiger partial charge in [-0.2, -0.15) is 0 Å². The van der Waals surface area contributed by atoms with Gasteiger partial charge in [0.15, 0.2) is 0 Å².